The zero-order chi connectivity index (χ0) is 26.5. The Balaban J connectivity index is 1.31. The minimum Gasteiger partial charge on any atom is -0.484 e. The minimum absolute atomic E-state index is 0.0131. The highest BCUT2D eigenvalue weighted by atomic mass is 32.1. The Morgan fingerprint density at radius 2 is 1.76 bits per heavy atom. The first-order valence-electron chi connectivity index (χ1n) is 12.4. The number of aromatic nitrogens is 2. The summed E-state index contributed by atoms with van der Waals surface area (Å²) in [5.41, 5.74) is 3.03. The van der Waals surface area contributed by atoms with Gasteiger partial charge in [-0.05, 0) is 42.3 Å². The van der Waals surface area contributed by atoms with Crippen molar-refractivity contribution in [3.8, 4) is 28.1 Å². The molecule has 2 aromatic heterocycles. The molecule has 2 amide bonds. The molecule has 1 fully saturated rings. The molecule has 4 aromatic rings. The van der Waals surface area contributed by atoms with Crippen molar-refractivity contribution in [3.63, 3.8) is 0 Å². The summed E-state index contributed by atoms with van der Waals surface area (Å²) in [6.45, 7) is 2.79. The van der Waals surface area contributed by atoms with Gasteiger partial charge in [0.1, 0.15) is 16.6 Å². The van der Waals surface area contributed by atoms with Gasteiger partial charge >= 0.3 is 0 Å². The van der Waals surface area contributed by atoms with E-state index in [4.69, 9.17) is 9.72 Å². The topological polar surface area (TPSA) is 75.6 Å². The average Bonchev–Trinajstić information content (AvgIpc) is 3.32. The number of benzene rings is 2. The lowest BCUT2D eigenvalue weighted by atomic mass is 10.1. The van der Waals surface area contributed by atoms with Crippen LogP contribution in [0.2, 0.25) is 0 Å². The highest BCUT2D eigenvalue weighted by Crippen LogP contribution is 2.32. The molecular weight excluding hydrogens is 503 g/mol. The van der Waals surface area contributed by atoms with E-state index in [2.05, 4.69) is 4.98 Å². The first-order valence-corrected chi connectivity index (χ1v) is 13.3. The fraction of sp³-hybridized carbons (Fsp3) is 0.241. The molecule has 1 aliphatic heterocycles. The average molecular weight is 531 g/mol. The maximum absolute atomic E-state index is 14.1. The number of ether oxygens (including phenoxy) is 1. The van der Waals surface area contributed by atoms with Gasteiger partial charge in [0.25, 0.3) is 5.91 Å². The Bertz CT molecular complexity index is 1410. The highest BCUT2D eigenvalue weighted by Gasteiger charge is 2.32. The van der Waals surface area contributed by atoms with Crippen molar-refractivity contribution in [2.75, 3.05) is 26.2 Å². The quantitative estimate of drug-likeness (QED) is 0.342. The molecule has 3 heterocycles. The summed E-state index contributed by atoms with van der Waals surface area (Å²) < 4.78 is 19.9. The van der Waals surface area contributed by atoms with Crippen LogP contribution in [0, 0.1) is 5.82 Å². The first kappa shape index (κ1) is 25.5. The van der Waals surface area contributed by atoms with Crippen LogP contribution in [0.15, 0.2) is 78.4 Å². The van der Waals surface area contributed by atoms with E-state index in [9.17, 15) is 14.0 Å². The van der Waals surface area contributed by atoms with Crippen LogP contribution in [-0.4, -0.2) is 57.8 Å². The molecule has 9 heteroatoms. The molecule has 7 nitrogen and oxygen atoms in total. The van der Waals surface area contributed by atoms with E-state index in [1.54, 1.807) is 71.6 Å². The second-order valence-electron chi connectivity index (χ2n) is 9.00. The number of halogens is 1. The van der Waals surface area contributed by atoms with Gasteiger partial charge in [0.15, 0.2) is 6.61 Å². The predicted octanol–water partition coefficient (Wildman–Crippen LogP) is 5.21. The normalized spacial score (nSPS) is 15.7. The molecule has 1 unspecified atom stereocenters. The summed E-state index contributed by atoms with van der Waals surface area (Å²) in [5, 5.41) is 2.80. The second kappa shape index (κ2) is 11.5. The van der Waals surface area contributed by atoms with Crippen LogP contribution in [-0.2, 0) is 9.59 Å². The molecule has 38 heavy (non-hydrogen) atoms. The van der Waals surface area contributed by atoms with E-state index in [-0.39, 0.29) is 30.3 Å². The monoisotopic (exact) mass is 530 g/mol. The van der Waals surface area contributed by atoms with Crippen molar-refractivity contribution >= 4 is 23.2 Å². The van der Waals surface area contributed by atoms with Crippen LogP contribution >= 0.6 is 11.3 Å². The fourth-order valence-electron chi connectivity index (χ4n) is 4.55. The molecule has 5 rings (SSSR count). The standard InChI is InChI=1S/C29H27FN4O3S/c1-20(35)33-15-12-27(29-32-26(19-38-29)22-10-13-31-14-11-22)34(17-16-33)28(36)18-37-23-8-6-21(7-9-23)24-4-2-3-5-25(24)30/h2-11,13-14,19,27H,12,15-18H2,1H3. The lowest BCUT2D eigenvalue weighted by Crippen LogP contribution is -2.40. The van der Waals surface area contributed by atoms with Gasteiger partial charge in [-0.15, -0.1) is 11.3 Å². The van der Waals surface area contributed by atoms with Crippen LogP contribution in [0.25, 0.3) is 22.4 Å². The van der Waals surface area contributed by atoms with Gasteiger partial charge in [0.2, 0.25) is 5.91 Å². The van der Waals surface area contributed by atoms with Crippen molar-refractivity contribution in [3.05, 3.63) is 89.3 Å². The molecule has 0 aliphatic carbocycles. The summed E-state index contributed by atoms with van der Waals surface area (Å²) >= 11 is 1.51. The van der Waals surface area contributed by atoms with Gasteiger partial charge in [-0.2, -0.15) is 0 Å². The van der Waals surface area contributed by atoms with Gasteiger partial charge in [-0.25, -0.2) is 9.37 Å². The van der Waals surface area contributed by atoms with Crippen molar-refractivity contribution in [2.45, 2.75) is 19.4 Å². The summed E-state index contributed by atoms with van der Waals surface area (Å²) in [4.78, 5) is 37.9. The van der Waals surface area contributed by atoms with Crippen LogP contribution in [0.3, 0.4) is 0 Å². The largest absolute Gasteiger partial charge is 0.484 e. The Morgan fingerprint density at radius 1 is 1.00 bits per heavy atom. The number of thiazole rings is 1. The van der Waals surface area contributed by atoms with E-state index < -0.39 is 0 Å². The number of hydrogen-bond acceptors (Lipinski definition) is 6. The molecule has 194 valence electrons. The van der Waals surface area contributed by atoms with E-state index in [0.717, 1.165) is 21.8 Å². The molecule has 0 radical (unpaired) electrons. The molecule has 1 atom stereocenters. The third-order valence-corrected chi connectivity index (χ3v) is 7.56. The molecular formula is C29H27FN4O3S. The second-order valence-corrected chi connectivity index (χ2v) is 9.89. The smallest absolute Gasteiger partial charge is 0.261 e. The van der Waals surface area contributed by atoms with Crippen molar-refractivity contribution in [2.24, 2.45) is 0 Å². The van der Waals surface area contributed by atoms with Crippen LogP contribution in [0.1, 0.15) is 24.4 Å². The molecule has 0 bridgehead atoms. The number of rotatable bonds is 6. The van der Waals surface area contributed by atoms with Gasteiger partial charge in [0, 0.05) is 55.5 Å². The van der Waals surface area contributed by atoms with Crippen molar-refractivity contribution in [1.29, 1.82) is 0 Å². The molecule has 1 saturated heterocycles. The lowest BCUT2D eigenvalue weighted by molar-refractivity contribution is -0.136. The maximum Gasteiger partial charge on any atom is 0.261 e. The Morgan fingerprint density at radius 3 is 2.50 bits per heavy atom. The van der Waals surface area contributed by atoms with E-state index >= 15 is 0 Å². The Labute approximate surface area is 224 Å². The van der Waals surface area contributed by atoms with Crippen LogP contribution < -0.4 is 4.74 Å². The van der Waals surface area contributed by atoms with Crippen molar-refractivity contribution in [1.82, 2.24) is 19.8 Å². The van der Waals surface area contributed by atoms with Crippen LogP contribution in [0.5, 0.6) is 5.75 Å². The highest BCUT2D eigenvalue weighted by molar-refractivity contribution is 7.10. The molecule has 0 saturated carbocycles. The van der Waals surface area contributed by atoms with Gasteiger partial charge < -0.3 is 14.5 Å². The SMILES string of the molecule is CC(=O)N1CCC(c2nc(-c3ccncc3)cs2)N(C(=O)COc2ccc(-c3ccccc3F)cc2)CC1. The van der Waals surface area contributed by atoms with Gasteiger partial charge in [-0.3, -0.25) is 14.6 Å². The fourth-order valence-corrected chi connectivity index (χ4v) is 5.52. The predicted molar refractivity (Wildman–Crippen MR) is 144 cm³/mol. The van der Waals surface area contributed by atoms with Crippen molar-refractivity contribution < 1.29 is 18.7 Å². The van der Waals surface area contributed by atoms with E-state index in [1.807, 2.05) is 17.5 Å². The zero-order valence-electron chi connectivity index (χ0n) is 20.9. The molecule has 1 aliphatic rings. The third kappa shape index (κ3) is 5.73. The number of pyridine rings is 1. The molecule has 0 N–H and O–H groups in total. The third-order valence-electron chi connectivity index (χ3n) is 6.61. The summed E-state index contributed by atoms with van der Waals surface area (Å²) in [6, 6.07) is 17.1. The number of hydrogen-bond donors (Lipinski definition) is 0. The lowest BCUT2D eigenvalue weighted by Gasteiger charge is -2.28. The summed E-state index contributed by atoms with van der Waals surface area (Å²) in [7, 11) is 0. The van der Waals surface area contributed by atoms with Gasteiger partial charge in [-0.1, -0.05) is 30.3 Å². The number of carbonyl (C=O) groups excluding carboxylic acids is 2. The Kier molecular flexibility index (Phi) is 7.74. The molecule has 2 aromatic carbocycles. The molecule has 0 spiro atoms. The van der Waals surface area contributed by atoms with Crippen LogP contribution in [0.4, 0.5) is 4.39 Å². The number of carbonyl (C=O) groups is 2. The maximum atomic E-state index is 14.1. The van der Waals surface area contributed by atoms with Gasteiger partial charge in [0.05, 0.1) is 11.7 Å². The van der Waals surface area contributed by atoms with E-state index in [1.165, 1.54) is 17.4 Å². The first-order chi connectivity index (χ1) is 18.5. The zero-order valence-corrected chi connectivity index (χ0v) is 21.7. The Hall–Kier alpha value is -4.11. The summed E-state index contributed by atoms with van der Waals surface area (Å²) in [5.74, 6) is 0.0296. The van der Waals surface area contributed by atoms with E-state index in [0.29, 0.717) is 37.4 Å². The minimum atomic E-state index is -0.294. The number of amides is 2. The number of nitrogens with zero attached hydrogens (tertiary/aromatic N) is 4. The summed E-state index contributed by atoms with van der Waals surface area (Å²) in [6.07, 6.45) is 4.04.